The minimum absolute atomic E-state index is 0.0513. The summed E-state index contributed by atoms with van der Waals surface area (Å²) in [5.41, 5.74) is 1.11. The fourth-order valence-electron chi connectivity index (χ4n) is 4.35. The van der Waals surface area contributed by atoms with Gasteiger partial charge in [-0.1, -0.05) is 11.6 Å². The molecule has 2 aromatic carbocycles. The number of piperazine rings is 1. The molecular formula is C23H28ClN3O4S. The van der Waals surface area contributed by atoms with Crippen molar-refractivity contribution in [3.05, 3.63) is 53.6 Å². The Hall–Kier alpha value is -2.29. The zero-order valence-electron chi connectivity index (χ0n) is 18.1. The maximum atomic E-state index is 13.2. The van der Waals surface area contributed by atoms with Crippen molar-refractivity contribution >= 4 is 33.2 Å². The van der Waals surface area contributed by atoms with E-state index < -0.39 is 10.0 Å². The Labute approximate surface area is 194 Å². The van der Waals surface area contributed by atoms with Crippen molar-refractivity contribution < 1.29 is 17.9 Å². The van der Waals surface area contributed by atoms with E-state index in [1.807, 2.05) is 29.2 Å². The molecule has 1 amide bonds. The quantitative estimate of drug-likeness (QED) is 0.661. The molecule has 4 rings (SSSR count). The highest BCUT2D eigenvalue weighted by molar-refractivity contribution is 7.89. The highest BCUT2D eigenvalue weighted by atomic mass is 35.5. The maximum absolute atomic E-state index is 13.2. The predicted molar refractivity (Wildman–Crippen MR) is 125 cm³/mol. The molecule has 9 heteroatoms. The van der Waals surface area contributed by atoms with Crippen LogP contribution in [0.15, 0.2) is 53.4 Å². The van der Waals surface area contributed by atoms with Crippen molar-refractivity contribution in [2.75, 3.05) is 51.3 Å². The van der Waals surface area contributed by atoms with E-state index in [1.165, 1.54) is 16.4 Å². The predicted octanol–water partition coefficient (Wildman–Crippen LogP) is 3.10. The van der Waals surface area contributed by atoms with E-state index >= 15 is 0 Å². The SMILES string of the molecule is COc1ccc(N2CCN(C(=O)[C@@H]3CCCN(S(=O)(=O)c4ccc(Cl)cc4)C3)CC2)cc1. The lowest BCUT2D eigenvalue weighted by Crippen LogP contribution is -2.53. The van der Waals surface area contributed by atoms with Gasteiger partial charge >= 0.3 is 0 Å². The number of ether oxygens (including phenoxy) is 1. The van der Waals surface area contributed by atoms with Gasteiger partial charge < -0.3 is 14.5 Å². The monoisotopic (exact) mass is 477 g/mol. The van der Waals surface area contributed by atoms with Crippen LogP contribution in [0.25, 0.3) is 0 Å². The molecule has 0 spiro atoms. The summed E-state index contributed by atoms with van der Waals surface area (Å²) in [6.07, 6.45) is 1.39. The highest BCUT2D eigenvalue weighted by Gasteiger charge is 2.35. The van der Waals surface area contributed by atoms with Crippen LogP contribution in [0.2, 0.25) is 5.02 Å². The van der Waals surface area contributed by atoms with Crippen LogP contribution in [0.1, 0.15) is 12.8 Å². The van der Waals surface area contributed by atoms with E-state index in [0.717, 1.165) is 24.5 Å². The summed E-state index contributed by atoms with van der Waals surface area (Å²) in [6.45, 7) is 3.41. The molecule has 2 heterocycles. The van der Waals surface area contributed by atoms with Crippen molar-refractivity contribution in [2.24, 2.45) is 5.92 Å². The van der Waals surface area contributed by atoms with Gasteiger partial charge in [0.1, 0.15) is 5.75 Å². The summed E-state index contributed by atoms with van der Waals surface area (Å²) in [5, 5.41) is 0.490. The van der Waals surface area contributed by atoms with E-state index in [1.54, 1.807) is 19.2 Å². The number of benzene rings is 2. The van der Waals surface area contributed by atoms with E-state index in [-0.39, 0.29) is 23.3 Å². The van der Waals surface area contributed by atoms with Crippen LogP contribution in [0, 0.1) is 5.92 Å². The first-order chi connectivity index (χ1) is 15.4. The normalized spacial score (nSPS) is 20.2. The largest absolute Gasteiger partial charge is 0.497 e. The molecule has 0 bridgehead atoms. The third kappa shape index (κ3) is 4.87. The Balaban J connectivity index is 1.36. The lowest BCUT2D eigenvalue weighted by Gasteiger charge is -2.39. The lowest BCUT2D eigenvalue weighted by molar-refractivity contribution is -0.137. The van der Waals surface area contributed by atoms with Crippen LogP contribution in [-0.4, -0.2) is 69.9 Å². The zero-order valence-corrected chi connectivity index (χ0v) is 19.7. The summed E-state index contributed by atoms with van der Waals surface area (Å²) in [6, 6.07) is 14.1. The molecule has 0 radical (unpaired) electrons. The average molecular weight is 478 g/mol. The van der Waals surface area contributed by atoms with E-state index in [4.69, 9.17) is 16.3 Å². The van der Waals surface area contributed by atoms with Gasteiger partial charge in [0.25, 0.3) is 0 Å². The topological polar surface area (TPSA) is 70.2 Å². The maximum Gasteiger partial charge on any atom is 0.243 e. The van der Waals surface area contributed by atoms with Gasteiger partial charge in [0.05, 0.1) is 17.9 Å². The number of carbonyl (C=O) groups is 1. The van der Waals surface area contributed by atoms with Crippen LogP contribution < -0.4 is 9.64 Å². The number of methoxy groups -OCH3 is 1. The molecule has 2 aromatic rings. The molecule has 1 atom stereocenters. The summed E-state index contributed by atoms with van der Waals surface area (Å²) in [7, 11) is -2.00. The second-order valence-corrected chi connectivity index (χ2v) is 10.5. The Morgan fingerprint density at radius 2 is 1.62 bits per heavy atom. The summed E-state index contributed by atoms with van der Waals surface area (Å²) in [5.74, 6) is 0.562. The molecule has 2 aliphatic heterocycles. The molecule has 0 aromatic heterocycles. The molecule has 2 saturated heterocycles. The molecule has 7 nitrogen and oxygen atoms in total. The van der Waals surface area contributed by atoms with Crippen molar-refractivity contribution in [1.82, 2.24) is 9.21 Å². The second kappa shape index (κ2) is 9.68. The van der Waals surface area contributed by atoms with Crippen LogP contribution >= 0.6 is 11.6 Å². The van der Waals surface area contributed by atoms with E-state index in [2.05, 4.69) is 4.90 Å². The average Bonchev–Trinajstić information content (AvgIpc) is 2.84. The highest BCUT2D eigenvalue weighted by Crippen LogP contribution is 2.27. The minimum Gasteiger partial charge on any atom is -0.497 e. The molecule has 32 heavy (non-hydrogen) atoms. The van der Waals surface area contributed by atoms with Crippen LogP contribution in [0.3, 0.4) is 0 Å². The number of carbonyl (C=O) groups excluding carboxylic acids is 1. The van der Waals surface area contributed by atoms with Crippen LogP contribution in [-0.2, 0) is 14.8 Å². The number of amides is 1. The van der Waals surface area contributed by atoms with Crippen LogP contribution in [0.5, 0.6) is 5.75 Å². The number of hydrogen-bond acceptors (Lipinski definition) is 5. The van der Waals surface area contributed by atoms with Gasteiger partial charge in [-0.25, -0.2) is 8.42 Å². The number of sulfonamides is 1. The first-order valence-electron chi connectivity index (χ1n) is 10.8. The first kappa shape index (κ1) is 22.9. The van der Waals surface area contributed by atoms with Gasteiger partial charge in [-0.2, -0.15) is 4.31 Å². The number of hydrogen-bond donors (Lipinski definition) is 0. The number of piperidine rings is 1. The number of nitrogens with zero attached hydrogens (tertiary/aromatic N) is 3. The third-order valence-corrected chi connectivity index (χ3v) is 8.35. The van der Waals surface area contributed by atoms with Gasteiger partial charge in [-0.3, -0.25) is 4.79 Å². The summed E-state index contributed by atoms with van der Waals surface area (Å²) in [4.78, 5) is 17.5. The Morgan fingerprint density at radius 3 is 2.25 bits per heavy atom. The smallest absolute Gasteiger partial charge is 0.243 e. The minimum atomic E-state index is -3.64. The third-order valence-electron chi connectivity index (χ3n) is 6.21. The van der Waals surface area contributed by atoms with Crippen LogP contribution in [0.4, 0.5) is 5.69 Å². The van der Waals surface area contributed by atoms with Gasteiger partial charge in [-0.15, -0.1) is 0 Å². The van der Waals surface area contributed by atoms with Crippen molar-refractivity contribution in [3.8, 4) is 5.75 Å². The number of anilines is 1. The standard InChI is InChI=1S/C23H28ClN3O4S/c1-31-21-8-6-20(7-9-21)25-13-15-26(16-14-25)23(28)18-3-2-12-27(17-18)32(29,30)22-10-4-19(24)5-11-22/h4-11,18H,2-3,12-17H2,1H3/t18-/m1/s1. The first-order valence-corrected chi connectivity index (χ1v) is 12.6. The zero-order chi connectivity index (χ0) is 22.7. The molecule has 0 unspecified atom stereocenters. The van der Waals surface area contributed by atoms with E-state index in [0.29, 0.717) is 37.5 Å². The van der Waals surface area contributed by atoms with Gasteiger partial charge in [0.15, 0.2) is 0 Å². The molecule has 0 saturated carbocycles. The molecule has 0 N–H and O–H groups in total. The van der Waals surface area contributed by atoms with Gasteiger partial charge in [0.2, 0.25) is 15.9 Å². The Morgan fingerprint density at radius 1 is 0.969 bits per heavy atom. The molecule has 172 valence electrons. The number of rotatable bonds is 5. The lowest BCUT2D eigenvalue weighted by atomic mass is 9.97. The van der Waals surface area contributed by atoms with E-state index in [9.17, 15) is 13.2 Å². The van der Waals surface area contributed by atoms with Crippen molar-refractivity contribution in [3.63, 3.8) is 0 Å². The molecule has 0 aliphatic carbocycles. The van der Waals surface area contributed by atoms with Gasteiger partial charge in [-0.05, 0) is 61.4 Å². The fraction of sp³-hybridized carbons (Fsp3) is 0.435. The second-order valence-electron chi connectivity index (χ2n) is 8.17. The fourth-order valence-corrected chi connectivity index (χ4v) is 6.00. The van der Waals surface area contributed by atoms with Crippen molar-refractivity contribution in [1.29, 1.82) is 0 Å². The van der Waals surface area contributed by atoms with Crippen molar-refractivity contribution in [2.45, 2.75) is 17.7 Å². The summed E-state index contributed by atoms with van der Waals surface area (Å²) >= 11 is 5.89. The number of halogens is 1. The molecular weight excluding hydrogens is 450 g/mol. The molecule has 2 fully saturated rings. The Kier molecular flexibility index (Phi) is 6.93. The van der Waals surface area contributed by atoms with Gasteiger partial charge in [0, 0.05) is 50.0 Å². The Bertz CT molecular complexity index is 1040. The molecule has 2 aliphatic rings. The summed E-state index contributed by atoms with van der Waals surface area (Å²) < 4.78 is 32.7.